The lowest BCUT2D eigenvalue weighted by atomic mass is 10.1. The minimum atomic E-state index is -3.75. The molecule has 0 fully saturated rings. The molecule has 0 heterocycles. The summed E-state index contributed by atoms with van der Waals surface area (Å²) in [4.78, 5) is 27.4. The summed E-state index contributed by atoms with van der Waals surface area (Å²) < 4.78 is 40.7. The molecule has 35 heavy (non-hydrogen) atoms. The van der Waals surface area contributed by atoms with Crippen molar-refractivity contribution in [2.45, 2.75) is 52.1 Å². The molecule has 0 bridgehead atoms. The van der Waals surface area contributed by atoms with E-state index in [0.29, 0.717) is 6.54 Å². The van der Waals surface area contributed by atoms with E-state index in [0.717, 1.165) is 33.4 Å². The van der Waals surface area contributed by atoms with E-state index in [-0.39, 0.29) is 43.4 Å². The molecule has 10 heteroatoms. The lowest BCUT2D eigenvalue weighted by Gasteiger charge is -2.29. The van der Waals surface area contributed by atoms with Crippen LogP contribution < -0.4 is 9.62 Å². The second kappa shape index (κ2) is 13.6. The number of amides is 2. The average Bonchev–Trinajstić information content (AvgIpc) is 2.81. The number of benzene rings is 2. The number of unbranched alkanes of at least 4 members (excludes halogenated alkanes) is 1. The van der Waals surface area contributed by atoms with Gasteiger partial charge in [-0.15, -0.1) is 0 Å². The van der Waals surface area contributed by atoms with Gasteiger partial charge in [0.05, 0.1) is 11.9 Å². The van der Waals surface area contributed by atoms with Crippen LogP contribution in [0.25, 0.3) is 0 Å². The molecule has 192 valence electrons. The molecule has 0 spiro atoms. The first-order valence-electron chi connectivity index (χ1n) is 11.6. The van der Waals surface area contributed by atoms with Gasteiger partial charge >= 0.3 is 0 Å². The van der Waals surface area contributed by atoms with Gasteiger partial charge in [-0.2, -0.15) is 0 Å². The van der Waals surface area contributed by atoms with Crippen molar-refractivity contribution in [3.05, 3.63) is 64.4 Å². The molecule has 0 aromatic heterocycles. The minimum Gasteiger partial charge on any atom is -0.354 e. The van der Waals surface area contributed by atoms with Gasteiger partial charge < -0.3 is 10.2 Å². The maximum atomic E-state index is 14.2. The first-order valence-corrected chi connectivity index (χ1v) is 14.2. The van der Waals surface area contributed by atoms with Gasteiger partial charge in [0.1, 0.15) is 11.9 Å². The van der Waals surface area contributed by atoms with E-state index in [4.69, 9.17) is 0 Å². The number of hydrogen-bond donors (Lipinski definition) is 1. The molecule has 7 nitrogen and oxygen atoms in total. The van der Waals surface area contributed by atoms with Crippen LogP contribution >= 0.6 is 15.9 Å². The largest absolute Gasteiger partial charge is 0.354 e. The zero-order chi connectivity index (χ0) is 26.0. The van der Waals surface area contributed by atoms with Gasteiger partial charge in [-0.3, -0.25) is 13.9 Å². The maximum Gasteiger partial charge on any atom is 0.242 e. The average molecular weight is 571 g/mol. The molecular weight excluding hydrogens is 537 g/mol. The third kappa shape index (κ3) is 8.92. The third-order valence-electron chi connectivity index (χ3n) is 5.54. The molecular formula is C25H33BrFN3O4S. The Morgan fingerprint density at radius 2 is 1.74 bits per heavy atom. The number of rotatable bonds is 13. The van der Waals surface area contributed by atoms with Crippen molar-refractivity contribution in [3.8, 4) is 0 Å². The van der Waals surface area contributed by atoms with Gasteiger partial charge in [-0.1, -0.05) is 53.5 Å². The van der Waals surface area contributed by atoms with Crippen molar-refractivity contribution in [2.24, 2.45) is 0 Å². The topological polar surface area (TPSA) is 86.8 Å². The van der Waals surface area contributed by atoms with Gasteiger partial charge in [0.25, 0.3) is 0 Å². The Kier molecular flexibility index (Phi) is 11.2. The molecule has 1 N–H and O–H groups in total. The summed E-state index contributed by atoms with van der Waals surface area (Å²) in [5, 5.41) is 2.87. The first-order chi connectivity index (χ1) is 16.5. The lowest BCUT2D eigenvalue weighted by molar-refractivity contribution is -0.140. The summed E-state index contributed by atoms with van der Waals surface area (Å²) >= 11 is 3.39. The zero-order valence-corrected chi connectivity index (χ0v) is 22.7. The predicted molar refractivity (Wildman–Crippen MR) is 140 cm³/mol. The van der Waals surface area contributed by atoms with Crippen LogP contribution in [0.1, 0.15) is 45.1 Å². The summed E-state index contributed by atoms with van der Waals surface area (Å²) in [6.07, 6.45) is 2.96. The van der Waals surface area contributed by atoms with Crippen molar-refractivity contribution < 1.29 is 22.4 Å². The molecule has 0 radical (unpaired) electrons. The van der Waals surface area contributed by atoms with Gasteiger partial charge in [0.15, 0.2) is 0 Å². The summed E-state index contributed by atoms with van der Waals surface area (Å²) in [6.45, 7) is 4.42. The molecule has 0 unspecified atom stereocenters. The molecule has 0 saturated carbocycles. The third-order valence-corrected chi connectivity index (χ3v) is 7.24. The number of halogens is 2. The Morgan fingerprint density at radius 3 is 2.34 bits per heavy atom. The fourth-order valence-electron chi connectivity index (χ4n) is 3.54. The Bertz CT molecular complexity index is 1100. The van der Waals surface area contributed by atoms with E-state index in [1.807, 2.05) is 31.2 Å². The van der Waals surface area contributed by atoms with E-state index in [9.17, 15) is 22.4 Å². The predicted octanol–water partition coefficient (Wildman–Crippen LogP) is 4.47. The van der Waals surface area contributed by atoms with E-state index < -0.39 is 21.9 Å². The van der Waals surface area contributed by atoms with E-state index in [1.165, 1.54) is 23.1 Å². The summed E-state index contributed by atoms with van der Waals surface area (Å²) in [6, 6.07) is 12.4. The van der Waals surface area contributed by atoms with Gasteiger partial charge in [-0.05, 0) is 49.6 Å². The van der Waals surface area contributed by atoms with E-state index in [2.05, 4.69) is 21.2 Å². The van der Waals surface area contributed by atoms with Crippen LogP contribution in [0.3, 0.4) is 0 Å². The number of carbonyl (C=O) groups is 2. The number of nitrogens with one attached hydrogen (secondary N) is 1. The van der Waals surface area contributed by atoms with E-state index in [1.54, 1.807) is 13.0 Å². The Morgan fingerprint density at radius 1 is 1.09 bits per heavy atom. The van der Waals surface area contributed by atoms with Crippen LogP contribution in [0.5, 0.6) is 0 Å². The summed E-state index contributed by atoms with van der Waals surface area (Å²) in [5.41, 5.74) is 0.803. The van der Waals surface area contributed by atoms with Crippen molar-refractivity contribution >= 4 is 43.5 Å². The van der Waals surface area contributed by atoms with Crippen LogP contribution in [-0.2, 0) is 26.2 Å². The van der Waals surface area contributed by atoms with Crippen LogP contribution in [0.4, 0.5) is 10.1 Å². The fourth-order valence-corrected chi connectivity index (χ4v) is 4.77. The molecule has 1 atom stereocenters. The van der Waals surface area contributed by atoms with Crippen molar-refractivity contribution in [2.75, 3.05) is 23.7 Å². The van der Waals surface area contributed by atoms with Crippen LogP contribution in [0.2, 0.25) is 0 Å². The van der Waals surface area contributed by atoms with Crippen molar-refractivity contribution in [3.63, 3.8) is 0 Å². The van der Waals surface area contributed by atoms with E-state index >= 15 is 0 Å². The molecule has 0 aliphatic carbocycles. The molecule has 2 rings (SSSR count). The number of para-hydroxylation sites is 1. The number of carbonyl (C=O) groups excluding carboxylic acids is 2. The highest BCUT2D eigenvalue weighted by atomic mass is 79.9. The fraction of sp³-hybridized carbons (Fsp3) is 0.440. The number of anilines is 1. The van der Waals surface area contributed by atoms with Gasteiger partial charge in [0.2, 0.25) is 21.8 Å². The molecule has 2 aromatic rings. The Labute approximate surface area is 215 Å². The highest BCUT2D eigenvalue weighted by Crippen LogP contribution is 2.22. The standard InChI is InChI=1S/C25H33BrFN3O4S/c1-4-5-16-28-25(32)19(2)29(18-20-12-14-21(26)15-13-20)24(31)11-8-17-30(35(3,33)34)23-10-7-6-9-22(23)27/h6-7,9-10,12-15,19H,4-5,8,11,16-18H2,1-3H3,(H,28,32)/t19-/m1/s1. The Hall–Kier alpha value is -2.46. The SMILES string of the molecule is CCCCNC(=O)[C@@H](C)N(Cc1ccc(Br)cc1)C(=O)CCCN(c1ccccc1F)S(C)(=O)=O. The van der Waals surface area contributed by atoms with Crippen LogP contribution in [0.15, 0.2) is 53.0 Å². The van der Waals surface area contributed by atoms with Gasteiger partial charge in [0, 0.05) is 30.5 Å². The molecule has 2 amide bonds. The van der Waals surface area contributed by atoms with Crippen molar-refractivity contribution in [1.82, 2.24) is 10.2 Å². The monoisotopic (exact) mass is 569 g/mol. The maximum absolute atomic E-state index is 14.2. The summed E-state index contributed by atoms with van der Waals surface area (Å²) in [7, 11) is -3.75. The molecule has 0 aliphatic rings. The molecule has 0 aliphatic heterocycles. The number of nitrogens with zero attached hydrogens (tertiary/aromatic N) is 2. The minimum absolute atomic E-state index is 0.00355. The van der Waals surface area contributed by atoms with Crippen LogP contribution in [0, 0.1) is 5.82 Å². The lowest BCUT2D eigenvalue weighted by Crippen LogP contribution is -2.48. The smallest absolute Gasteiger partial charge is 0.242 e. The molecule has 0 saturated heterocycles. The first kappa shape index (κ1) is 28.8. The second-order valence-electron chi connectivity index (χ2n) is 8.36. The normalized spacial score (nSPS) is 12.1. The molecule has 2 aromatic carbocycles. The Balaban J connectivity index is 2.14. The van der Waals surface area contributed by atoms with Gasteiger partial charge in [-0.25, -0.2) is 12.8 Å². The second-order valence-corrected chi connectivity index (χ2v) is 11.2. The van der Waals surface area contributed by atoms with Crippen LogP contribution in [-0.4, -0.2) is 50.5 Å². The summed E-state index contributed by atoms with van der Waals surface area (Å²) in [5.74, 6) is -1.18. The highest BCUT2D eigenvalue weighted by molar-refractivity contribution is 9.10. The quantitative estimate of drug-likeness (QED) is 0.360. The number of sulfonamides is 1. The van der Waals surface area contributed by atoms with Crippen molar-refractivity contribution in [1.29, 1.82) is 0 Å². The highest BCUT2D eigenvalue weighted by Gasteiger charge is 2.27. The number of hydrogen-bond acceptors (Lipinski definition) is 4. The zero-order valence-electron chi connectivity index (χ0n) is 20.3.